The maximum atomic E-state index is 13.9. The Morgan fingerprint density at radius 2 is 2.16 bits per heavy atom. The smallest absolute Gasteiger partial charge is 0.227 e. The number of aromatic nitrogens is 5. The van der Waals surface area contributed by atoms with E-state index in [0.717, 1.165) is 42.5 Å². The molecule has 1 aromatic carbocycles. The Morgan fingerprint density at radius 1 is 1.29 bits per heavy atom. The van der Waals surface area contributed by atoms with Gasteiger partial charge in [-0.1, -0.05) is 49.8 Å². The van der Waals surface area contributed by atoms with Gasteiger partial charge in [0.1, 0.15) is 5.82 Å². The zero-order valence-electron chi connectivity index (χ0n) is 22.2. The predicted molar refractivity (Wildman–Crippen MR) is 146 cm³/mol. The van der Waals surface area contributed by atoms with Gasteiger partial charge in [0.2, 0.25) is 5.91 Å². The second-order valence-electron chi connectivity index (χ2n) is 10.8. The topological polar surface area (TPSA) is 87.7 Å². The average Bonchev–Trinajstić information content (AvgIpc) is 3.57. The van der Waals surface area contributed by atoms with E-state index in [1.54, 1.807) is 17.2 Å². The first-order valence-electron chi connectivity index (χ1n) is 13.4. The van der Waals surface area contributed by atoms with Gasteiger partial charge in [-0.15, -0.1) is 10.2 Å². The first-order chi connectivity index (χ1) is 18.4. The number of hydrogen-bond donors (Lipinski definition) is 1. The molecule has 0 radical (unpaired) electrons. The summed E-state index contributed by atoms with van der Waals surface area (Å²) >= 11 is 0. The van der Waals surface area contributed by atoms with Crippen molar-refractivity contribution in [3.05, 3.63) is 77.6 Å². The summed E-state index contributed by atoms with van der Waals surface area (Å²) in [6.45, 7) is 6.38. The number of tetrazole rings is 1. The van der Waals surface area contributed by atoms with E-state index in [0.29, 0.717) is 30.5 Å². The van der Waals surface area contributed by atoms with Crippen molar-refractivity contribution in [2.24, 2.45) is 17.3 Å². The number of aromatic amines is 1. The molecule has 2 aliphatic carbocycles. The summed E-state index contributed by atoms with van der Waals surface area (Å²) in [5, 5.41) is 13.8. The molecule has 7 nitrogen and oxygen atoms in total. The third-order valence-electron chi connectivity index (χ3n) is 8.71. The number of nitrogens with one attached hydrogen (secondary N) is 1. The van der Waals surface area contributed by atoms with Gasteiger partial charge in [0, 0.05) is 31.8 Å². The van der Waals surface area contributed by atoms with Crippen molar-refractivity contribution in [1.82, 2.24) is 25.6 Å². The van der Waals surface area contributed by atoms with Crippen LogP contribution in [0, 0.1) is 23.1 Å². The largest absolute Gasteiger partial charge is 0.315 e. The second-order valence-corrected chi connectivity index (χ2v) is 10.8. The first kappa shape index (κ1) is 25.9. The highest BCUT2D eigenvalue weighted by molar-refractivity contribution is 5.93. The fraction of sp³-hybridized carbons (Fsp3) is 0.433. The van der Waals surface area contributed by atoms with Gasteiger partial charge in [-0.3, -0.25) is 9.78 Å². The Balaban J connectivity index is 1.27. The van der Waals surface area contributed by atoms with Gasteiger partial charge in [0.15, 0.2) is 5.82 Å². The second kappa shape index (κ2) is 11.0. The third-order valence-corrected chi connectivity index (χ3v) is 8.71. The number of fused-ring (bicyclic) bond motifs is 1. The number of aryl methyl sites for hydroxylation is 2. The monoisotopic (exact) mass is 514 g/mol. The fourth-order valence-corrected chi connectivity index (χ4v) is 6.63. The van der Waals surface area contributed by atoms with Gasteiger partial charge in [-0.25, -0.2) is 4.39 Å². The normalized spacial score (nSPS) is 22.6. The Morgan fingerprint density at radius 3 is 2.92 bits per heavy atom. The van der Waals surface area contributed by atoms with Crippen LogP contribution in [0.3, 0.4) is 0 Å². The molecule has 1 saturated carbocycles. The van der Waals surface area contributed by atoms with E-state index in [9.17, 15) is 9.18 Å². The number of pyridine rings is 1. The molecule has 0 spiro atoms. The van der Waals surface area contributed by atoms with Gasteiger partial charge in [-0.05, 0) is 83.4 Å². The van der Waals surface area contributed by atoms with E-state index in [1.165, 1.54) is 30.2 Å². The highest BCUT2D eigenvalue weighted by atomic mass is 19.1. The highest BCUT2D eigenvalue weighted by Gasteiger charge is 2.47. The van der Waals surface area contributed by atoms with Crippen molar-refractivity contribution in [2.45, 2.75) is 58.3 Å². The summed E-state index contributed by atoms with van der Waals surface area (Å²) < 4.78 is 13.9. The number of H-pyrrole nitrogens is 1. The summed E-state index contributed by atoms with van der Waals surface area (Å²) in [6, 6.07) is 7.78. The van der Waals surface area contributed by atoms with Crippen molar-refractivity contribution in [3.8, 4) is 0 Å². The molecule has 0 unspecified atom stereocenters. The summed E-state index contributed by atoms with van der Waals surface area (Å²) in [5.41, 5.74) is 5.42. The lowest BCUT2D eigenvalue weighted by Gasteiger charge is -2.44. The van der Waals surface area contributed by atoms with E-state index in [1.807, 2.05) is 19.2 Å². The van der Waals surface area contributed by atoms with E-state index in [4.69, 9.17) is 0 Å². The van der Waals surface area contributed by atoms with Gasteiger partial charge in [0.05, 0.1) is 6.20 Å². The van der Waals surface area contributed by atoms with Crippen LogP contribution in [0.25, 0.3) is 11.6 Å². The SMILES string of the molecule is C=Cc1ccc(N(C)C(=O)CCc2nn[nH]n2)cc1CC[C@@H]1CCC[C@]2(C)C(c3cncc(F)c3)=CC[C@@H]12. The van der Waals surface area contributed by atoms with E-state index < -0.39 is 0 Å². The molecule has 2 aliphatic rings. The van der Waals surface area contributed by atoms with E-state index in [2.05, 4.69) is 57.3 Å². The number of halogens is 1. The number of anilines is 1. The summed E-state index contributed by atoms with van der Waals surface area (Å²) in [7, 11) is 1.81. The molecule has 2 aromatic heterocycles. The first-order valence-corrected chi connectivity index (χ1v) is 13.4. The van der Waals surface area contributed by atoms with Crippen LogP contribution in [-0.4, -0.2) is 38.6 Å². The lowest BCUT2D eigenvalue weighted by atomic mass is 9.60. The van der Waals surface area contributed by atoms with E-state index >= 15 is 0 Å². The number of nitrogens with zero attached hydrogens (tertiary/aromatic N) is 5. The number of hydrogen-bond acceptors (Lipinski definition) is 5. The number of rotatable bonds is 9. The van der Waals surface area contributed by atoms with Crippen LogP contribution in [0.2, 0.25) is 0 Å². The molecule has 1 amide bonds. The molecule has 5 rings (SSSR count). The number of amides is 1. The minimum atomic E-state index is -0.280. The molecular formula is C30H35FN6O. The molecule has 38 heavy (non-hydrogen) atoms. The zero-order valence-corrected chi connectivity index (χ0v) is 22.2. The average molecular weight is 515 g/mol. The number of carbonyl (C=O) groups excluding carboxylic acids is 1. The molecule has 0 aliphatic heterocycles. The molecule has 0 saturated heterocycles. The van der Waals surface area contributed by atoms with Gasteiger partial charge >= 0.3 is 0 Å². The van der Waals surface area contributed by atoms with Crippen LogP contribution < -0.4 is 4.90 Å². The van der Waals surface area contributed by atoms with Crippen LogP contribution in [0.4, 0.5) is 10.1 Å². The molecule has 8 heteroatoms. The van der Waals surface area contributed by atoms with Crippen molar-refractivity contribution >= 4 is 23.2 Å². The van der Waals surface area contributed by atoms with Gasteiger partial charge in [0.25, 0.3) is 0 Å². The van der Waals surface area contributed by atoms with Crippen molar-refractivity contribution < 1.29 is 9.18 Å². The minimum absolute atomic E-state index is 0.00606. The number of benzene rings is 1. The fourth-order valence-electron chi connectivity index (χ4n) is 6.63. The quantitative estimate of drug-likeness (QED) is 0.389. The molecule has 3 aromatic rings. The lowest BCUT2D eigenvalue weighted by molar-refractivity contribution is -0.118. The van der Waals surface area contributed by atoms with Crippen LogP contribution in [0.1, 0.15) is 68.0 Å². The van der Waals surface area contributed by atoms with Crippen molar-refractivity contribution in [1.29, 1.82) is 0 Å². The minimum Gasteiger partial charge on any atom is -0.315 e. The molecule has 1 fully saturated rings. The Hall–Kier alpha value is -3.68. The summed E-state index contributed by atoms with van der Waals surface area (Å²) in [5.74, 6) is 1.38. The number of carbonyl (C=O) groups is 1. The molecular weight excluding hydrogens is 479 g/mol. The maximum absolute atomic E-state index is 13.9. The molecule has 3 atom stereocenters. The van der Waals surface area contributed by atoms with Gasteiger partial charge in [-0.2, -0.15) is 5.21 Å². The van der Waals surface area contributed by atoms with Crippen LogP contribution in [0.5, 0.6) is 0 Å². The Kier molecular flexibility index (Phi) is 7.49. The maximum Gasteiger partial charge on any atom is 0.227 e. The van der Waals surface area contributed by atoms with Crippen LogP contribution in [-0.2, 0) is 17.6 Å². The third kappa shape index (κ3) is 5.17. The molecule has 2 heterocycles. The molecule has 198 valence electrons. The summed E-state index contributed by atoms with van der Waals surface area (Å²) in [6.07, 6.45) is 14.6. The Bertz CT molecular complexity index is 1340. The Labute approximate surface area is 223 Å². The van der Waals surface area contributed by atoms with Crippen molar-refractivity contribution in [2.75, 3.05) is 11.9 Å². The van der Waals surface area contributed by atoms with Crippen LogP contribution in [0.15, 0.2) is 49.3 Å². The van der Waals surface area contributed by atoms with E-state index in [-0.39, 0.29) is 17.1 Å². The standard InChI is InChI=1S/C30H35FN6O/c1-4-20-9-10-25(37(3)29(38)14-13-28-33-35-36-34-28)17-22(20)8-7-21-6-5-15-30(2)26(21)11-12-27(30)23-16-24(31)19-32-18-23/h4,9-10,12,16-19,21,26H,1,5-8,11,13-15H2,2-3H3,(H,33,34,35,36)/t21-,26-,30-/m0/s1. The highest BCUT2D eigenvalue weighted by Crippen LogP contribution is 2.58. The van der Waals surface area contributed by atoms with Crippen molar-refractivity contribution in [3.63, 3.8) is 0 Å². The number of allylic oxidation sites excluding steroid dienone is 2. The molecule has 0 bridgehead atoms. The van der Waals surface area contributed by atoms with Gasteiger partial charge < -0.3 is 4.90 Å². The molecule has 1 N–H and O–H groups in total. The summed E-state index contributed by atoms with van der Waals surface area (Å²) in [4.78, 5) is 18.6. The predicted octanol–water partition coefficient (Wildman–Crippen LogP) is 5.81. The zero-order chi connectivity index (χ0) is 26.7. The lowest BCUT2D eigenvalue weighted by Crippen LogP contribution is -2.35. The van der Waals surface area contributed by atoms with Crippen LogP contribution >= 0.6 is 0 Å².